The molecule has 2 heteroatoms. The smallest absolute Gasteiger partial charge is 0.123 e. The topological polar surface area (TPSA) is 26.0 Å². The van der Waals surface area contributed by atoms with E-state index in [4.69, 9.17) is 5.73 Å². The lowest BCUT2D eigenvalue weighted by Gasteiger charge is -2.15. The molecule has 2 aromatic rings. The third-order valence-corrected chi connectivity index (χ3v) is 3.52. The lowest BCUT2D eigenvalue weighted by molar-refractivity contribution is 0.622. The van der Waals surface area contributed by atoms with Gasteiger partial charge in [0, 0.05) is 6.04 Å². The van der Waals surface area contributed by atoms with Crippen molar-refractivity contribution in [2.24, 2.45) is 5.73 Å². The van der Waals surface area contributed by atoms with Crippen LogP contribution in [-0.4, -0.2) is 0 Å². The highest BCUT2D eigenvalue weighted by atomic mass is 19.1. The van der Waals surface area contributed by atoms with E-state index in [0.717, 1.165) is 24.0 Å². The van der Waals surface area contributed by atoms with Crippen molar-refractivity contribution in [2.75, 3.05) is 0 Å². The zero-order valence-electron chi connectivity index (χ0n) is 11.5. The van der Waals surface area contributed by atoms with Crippen molar-refractivity contribution in [1.29, 1.82) is 0 Å². The van der Waals surface area contributed by atoms with Crippen LogP contribution >= 0.6 is 0 Å². The molecule has 1 atom stereocenters. The van der Waals surface area contributed by atoms with Crippen molar-refractivity contribution in [3.8, 4) is 0 Å². The van der Waals surface area contributed by atoms with Gasteiger partial charge in [-0.05, 0) is 54.2 Å². The Balaban J connectivity index is 2.13. The van der Waals surface area contributed by atoms with Gasteiger partial charge in [-0.3, -0.25) is 0 Å². The summed E-state index contributed by atoms with van der Waals surface area (Å²) in [4.78, 5) is 0. The first-order chi connectivity index (χ1) is 9.10. The molecule has 2 rings (SSSR count). The summed E-state index contributed by atoms with van der Waals surface area (Å²) >= 11 is 0. The zero-order chi connectivity index (χ0) is 13.8. The summed E-state index contributed by atoms with van der Waals surface area (Å²) < 4.78 is 13.1. The second-order valence-corrected chi connectivity index (χ2v) is 4.98. The second-order valence-electron chi connectivity index (χ2n) is 4.98. The molecule has 2 N–H and O–H groups in total. The van der Waals surface area contributed by atoms with Crippen molar-refractivity contribution in [2.45, 2.75) is 32.7 Å². The van der Waals surface area contributed by atoms with E-state index in [9.17, 15) is 4.39 Å². The highest BCUT2D eigenvalue weighted by molar-refractivity contribution is 5.31. The monoisotopic (exact) mass is 257 g/mol. The normalized spacial score (nSPS) is 12.4. The maximum atomic E-state index is 13.1. The number of hydrogen-bond acceptors (Lipinski definition) is 1. The highest BCUT2D eigenvalue weighted by Crippen LogP contribution is 2.20. The quantitative estimate of drug-likeness (QED) is 0.882. The summed E-state index contributed by atoms with van der Waals surface area (Å²) in [6, 6.07) is 13.2. The third kappa shape index (κ3) is 3.42. The Labute approximate surface area is 114 Å². The Kier molecular flexibility index (Phi) is 4.33. The first kappa shape index (κ1) is 13.8. The molecule has 0 aliphatic carbocycles. The number of aryl methyl sites for hydroxylation is 2. The van der Waals surface area contributed by atoms with Gasteiger partial charge in [0.05, 0.1) is 0 Å². The Morgan fingerprint density at radius 3 is 2.26 bits per heavy atom. The Morgan fingerprint density at radius 2 is 1.68 bits per heavy atom. The molecular formula is C17H20FN. The SMILES string of the molecule is CCc1ccc(CC(N)c2ccc(F)cc2C)cc1. The minimum atomic E-state index is -0.208. The molecule has 0 aliphatic rings. The van der Waals surface area contributed by atoms with E-state index in [1.807, 2.05) is 6.92 Å². The van der Waals surface area contributed by atoms with E-state index in [-0.39, 0.29) is 11.9 Å². The summed E-state index contributed by atoms with van der Waals surface area (Å²) in [6.07, 6.45) is 1.82. The second kappa shape index (κ2) is 5.98. The van der Waals surface area contributed by atoms with Crippen LogP contribution in [0.5, 0.6) is 0 Å². The van der Waals surface area contributed by atoms with Crippen LogP contribution in [0.3, 0.4) is 0 Å². The minimum absolute atomic E-state index is 0.0897. The van der Waals surface area contributed by atoms with E-state index in [0.29, 0.717) is 0 Å². The summed E-state index contributed by atoms with van der Waals surface area (Å²) in [5.41, 5.74) is 10.7. The average Bonchev–Trinajstić information content (AvgIpc) is 2.39. The number of halogens is 1. The molecule has 0 bridgehead atoms. The maximum absolute atomic E-state index is 13.1. The van der Waals surface area contributed by atoms with E-state index in [1.165, 1.54) is 23.3 Å². The van der Waals surface area contributed by atoms with Gasteiger partial charge in [-0.25, -0.2) is 4.39 Å². The van der Waals surface area contributed by atoms with Gasteiger partial charge in [0.15, 0.2) is 0 Å². The van der Waals surface area contributed by atoms with Crippen LogP contribution in [0.4, 0.5) is 4.39 Å². The molecule has 1 unspecified atom stereocenters. The predicted octanol–water partition coefficient (Wildman–Crippen LogP) is 3.94. The summed E-state index contributed by atoms with van der Waals surface area (Å²) in [5.74, 6) is -0.208. The Hall–Kier alpha value is -1.67. The average molecular weight is 257 g/mol. The molecule has 1 nitrogen and oxygen atoms in total. The number of nitrogens with two attached hydrogens (primary N) is 1. The molecule has 2 aromatic carbocycles. The molecule has 0 aliphatic heterocycles. The first-order valence-electron chi connectivity index (χ1n) is 6.69. The van der Waals surface area contributed by atoms with E-state index in [2.05, 4.69) is 31.2 Å². The van der Waals surface area contributed by atoms with Crippen LogP contribution in [-0.2, 0) is 12.8 Å². The Bertz CT molecular complexity index is 546. The van der Waals surface area contributed by atoms with Crippen LogP contribution < -0.4 is 5.73 Å². The van der Waals surface area contributed by atoms with Crippen molar-refractivity contribution in [3.05, 3.63) is 70.5 Å². The van der Waals surface area contributed by atoms with Crippen molar-refractivity contribution in [3.63, 3.8) is 0 Å². The first-order valence-corrected chi connectivity index (χ1v) is 6.69. The lowest BCUT2D eigenvalue weighted by atomic mass is 9.95. The molecule has 0 heterocycles. The van der Waals surface area contributed by atoms with Crippen LogP contribution in [0.2, 0.25) is 0 Å². The summed E-state index contributed by atoms with van der Waals surface area (Å²) in [6.45, 7) is 4.04. The van der Waals surface area contributed by atoms with Crippen LogP contribution in [0.25, 0.3) is 0 Å². The van der Waals surface area contributed by atoms with Gasteiger partial charge in [0.2, 0.25) is 0 Å². The number of rotatable bonds is 4. The van der Waals surface area contributed by atoms with Gasteiger partial charge in [0.25, 0.3) is 0 Å². The number of benzene rings is 2. The summed E-state index contributed by atoms with van der Waals surface area (Å²) in [7, 11) is 0. The fraction of sp³-hybridized carbons (Fsp3) is 0.294. The molecule has 0 radical (unpaired) electrons. The minimum Gasteiger partial charge on any atom is -0.324 e. The molecule has 19 heavy (non-hydrogen) atoms. The van der Waals surface area contributed by atoms with Crippen molar-refractivity contribution < 1.29 is 4.39 Å². The van der Waals surface area contributed by atoms with Crippen molar-refractivity contribution >= 4 is 0 Å². The molecule has 0 saturated heterocycles. The highest BCUT2D eigenvalue weighted by Gasteiger charge is 2.10. The largest absolute Gasteiger partial charge is 0.324 e. The molecule has 0 spiro atoms. The zero-order valence-corrected chi connectivity index (χ0v) is 11.5. The van der Waals surface area contributed by atoms with Crippen LogP contribution in [0.1, 0.15) is 35.2 Å². The van der Waals surface area contributed by atoms with Gasteiger partial charge >= 0.3 is 0 Å². The molecule has 0 saturated carbocycles. The molecule has 100 valence electrons. The van der Waals surface area contributed by atoms with Crippen LogP contribution in [0, 0.1) is 12.7 Å². The molecule has 0 amide bonds. The van der Waals surface area contributed by atoms with Gasteiger partial charge in [0.1, 0.15) is 5.82 Å². The molecule has 0 fully saturated rings. The third-order valence-electron chi connectivity index (χ3n) is 3.52. The molecule has 0 aromatic heterocycles. The Morgan fingerprint density at radius 1 is 1.05 bits per heavy atom. The molecular weight excluding hydrogens is 237 g/mol. The van der Waals surface area contributed by atoms with Gasteiger partial charge < -0.3 is 5.73 Å². The fourth-order valence-corrected chi connectivity index (χ4v) is 2.33. The lowest BCUT2D eigenvalue weighted by Crippen LogP contribution is -2.14. The van der Waals surface area contributed by atoms with Crippen molar-refractivity contribution in [1.82, 2.24) is 0 Å². The maximum Gasteiger partial charge on any atom is 0.123 e. The van der Waals surface area contributed by atoms with Gasteiger partial charge in [-0.15, -0.1) is 0 Å². The van der Waals surface area contributed by atoms with E-state index >= 15 is 0 Å². The standard InChI is InChI=1S/C17H20FN/c1-3-13-4-6-14(7-5-13)11-17(19)16-9-8-15(18)10-12(16)2/h4-10,17H,3,11,19H2,1-2H3. The van der Waals surface area contributed by atoms with Gasteiger partial charge in [-0.1, -0.05) is 37.3 Å². The van der Waals surface area contributed by atoms with Gasteiger partial charge in [-0.2, -0.15) is 0 Å². The van der Waals surface area contributed by atoms with E-state index < -0.39 is 0 Å². The fourth-order valence-electron chi connectivity index (χ4n) is 2.33. The van der Waals surface area contributed by atoms with Crippen LogP contribution in [0.15, 0.2) is 42.5 Å². The summed E-state index contributed by atoms with van der Waals surface area (Å²) in [5, 5.41) is 0. The van der Waals surface area contributed by atoms with E-state index in [1.54, 1.807) is 6.07 Å². The number of hydrogen-bond donors (Lipinski definition) is 1. The predicted molar refractivity (Wildman–Crippen MR) is 77.6 cm³/mol.